The van der Waals surface area contributed by atoms with Crippen LogP contribution in [0, 0.1) is 23.7 Å². The molecular weight excluding hydrogens is 362 g/mol. The van der Waals surface area contributed by atoms with Gasteiger partial charge in [0.2, 0.25) is 5.60 Å². The number of alkyl halides is 2. The van der Waals surface area contributed by atoms with Crippen LogP contribution in [0.15, 0.2) is 0 Å². The first kappa shape index (κ1) is 23.6. The lowest BCUT2D eigenvalue weighted by molar-refractivity contribution is -0.186. The molecule has 5 heteroatoms. The van der Waals surface area contributed by atoms with Crippen LogP contribution < -0.4 is 0 Å². The van der Waals surface area contributed by atoms with Crippen molar-refractivity contribution in [1.29, 1.82) is 0 Å². The van der Waals surface area contributed by atoms with Gasteiger partial charge in [-0.15, -0.1) is 0 Å². The molecule has 2 saturated carbocycles. The largest absolute Gasteiger partial charge is 0.464 e. The van der Waals surface area contributed by atoms with Crippen LogP contribution >= 0.6 is 0 Å². The predicted molar refractivity (Wildman–Crippen MR) is 107 cm³/mol. The van der Waals surface area contributed by atoms with Gasteiger partial charge >= 0.3 is 5.97 Å². The zero-order chi connectivity index (χ0) is 20.6. The van der Waals surface area contributed by atoms with Crippen molar-refractivity contribution in [3.05, 3.63) is 0 Å². The second-order valence-electron chi connectivity index (χ2n) is 9.21. The Hall–Kier alpha value is -0.710. The van der Waals surface area contributed by atoms with E-state index in [1.165, 1.54) is 51.4 Å². The normalized spacial score (nSPS) is 30.8. The van der Waals surface area contributed by atoms with Crippen LogP contribution in [0.25, 0.3) is 0 Å². The molecule has 0 spiro atoms. The lowest BCUT2D eigenvalue weighted by atomic mass is 9.67. The molecule has 1 atom stereocenters. The van der Waals surface area contributed by atoms with Crippen LogP contribution in [0.1, 0.15) is 97.3 Å². The minimum atomic E-state index is -3.10. The molecule has 1 unspecified atom stereocenters. The fraction of sp³-hybridized carbons (Fsp3) is 0.957. The monoisotopic (exact) mass is 402 g/mol. The van der Waals surface area contributed by atoms with E-state index >= 15 is 0 Å². The average Bonchev–Trinajstić information content (AvgIpc) is 2.69. The number of unbranched alkanes of at least 4 members (excludes halogenated alkanes) is 2. The third kappa shape index (κ3) is 6.40. The molecule has 0 amide bonds. The maximum Gasteiger partial charge on any atom is 0.344 e. The number of hydrogen-bond donors (Lipinski definition) is 1. The predicted octanol–water partition coefficient (Wildman–Crippen LogP) is 6.13. The summed E-state index contributed by atoms with van der Waals surface area (Å²) in [6, 6.07) is 0. The van der Waals surface area contributed by atoms with Crippen LogP contribution in [0.4, 0.5) is 8.78 Å². The first-order valence-corrected chi connectivity index (χ1v) is 11.6. The maximum absolute atomic E-state index is 13.4. The third-order valence-electron chi connectivity index (χ3n) is 7.26. The minimum Gasteiger partial charge on any atom is -0.464 e. The molecule has 2 aliphatic carbocycles. The molecule has 0 aromatic rings. The van der Waals surface area contributed by atoms with Crippen LogP contribution in [0.5, 0.6) is 0 Å². The van der Waals surface area contributed by atoms with Gasteiger partial charge in [-0.25, -0.2) is 13.6 Å². The summed E-state index contributed by atoms with van der Waals surface area (Å²) >= 11 is 0. The van der Waals surface area contributed by atoms with E-state index in [-0.39, 0.29) is 18.9 Å². The number of carbonyl (C=O) groups excluding carboxylic acids is 1. The summed E-state index contributed by atoms with van der Waals surface area (Å²) in [5.74, 6) is 1.18. The van der Waals surface area contributed by atoms with Crippen molar-refractivity contribution in [1.82, 2.24) is 0 Å². The lowest BCUT2D eigenvalue weighted by Crippen LogP contribution is -2.48. The van der Waals surface area contributed by atoms with Crippen molar-refractivity contribution in [3.63, 3.8) is 0 Å². The van der Waals surface area contributed by atoms with Gasteiger partial charge in [-0.1, -0.05) is 58.3 Å². The Morgan fingerprint density at radius 3 is 1.96 bits per heavy atom. The quantitative estimate of drug-likeness (QED) is 0.353. The van der Waals surface area contributed by atoms with Crippen molar-refractivity contribution >= 4 is 5.97 Å². The van der Waals surface area contributed by atoms with Crippen LogP contribution in [0.2, 0.25) is 0 Å². The Labute approximate surface area is 169 Å². The number of carbonyl (C=O) groups is 1. The van der Waals surface area contributed by atoms with Gasteiger partial charge < -0.3 is 9.84 Å². The first-order chi connectivity index (χ1) is 13.4. The number of hydrogen-bond acceptors (Lipinski definition) is 3. The highest BCUT2D eigenvalue weighted by Crippen LogP contribution is 2.44. The van der Waals surface area contributed by atoms with E-state index in [1.54, 1.807) is 6.92 Å². The highest BCUT2D eigenvalue weighted by Gasteiger charge is 2.49. The zero-order valence-electron chi connectivity index (χ0n) is 17.8. The van der Waals surface area contributed by atoms with Gasteiger partial charge in [0.25, 0.3) is 6.43 Å². The molecule has 3 nitrogen and oxygen atoms in total. The highest BCUT2D eigenvalue weighted by molar-refractivity contribution is 5.79. The summed E-state index contributed by atoms with van der Waals surface area (Å²) in [7, 11) is 0. The summed E-state index contributed by atoms with van der Waals surface area (Å²) < 4.78 is 31.5. The molecule has 164 valence electrons. The fourth-order valence-corrected chi connectivity index (χ4v) is 5.45. The topological polar surface area (TPSA) is 46.5 Å². The second kappa shape index (κ2) is 11.5. The van der Waals surface area contributed by atoms with Gasteiger partial charge in [0.05, 0.1) is 6.61 Å². The Balaban J connectivity index is 1.76. The molecule has 0 heterocycles. The summed E-state index contributed by atoms with van der Waals surface area (Å²) in [6.07, 6.45) is 11.2. The molecule has 2 aliphatic rings. The van der Waals surface area contributed by atoms with E-state index in [4.69, 9.17) is 4.74 Å². The fourth-order valence-electron chi connectivity index (χ4n) is 5.45. The molecule has 0 aliphatic heterocycles. The maximum atomic E-state index is 13.4. The molecule has 0 aromatic carbocycles. The number of ether oxygens (including phenoxy) is 1. The summed E-state index contributed by atoms with van der Waals surface area (Å²) in [4.78, 5) is 11.9. The first-order valence-electron chi connectivity index (χ1n) is 11.6. The van der Waals surface area contributed by atoms with Crippen molar-refractivity contribution < 1.29 is 23.4 Å². The van der Waals surface area contributed by atoms with E-state index in [0.29, 0.717) is 5.92 Å². The van der Waals surface area contributed by atoms with E-state index in [1.807, 2.05) is 0 Å². The molecule has 0 bridgehead atoms. The Kier molecular flexibility index (Phi) is 9.65. The standard InChI is InChI=1S/C23H40F2O3/c1-3-5-6-7-17-8-12-19(13-9-17)20-14-10-18(11-15-20)16-23(27,21(24)25)22(26)28-4-2/h17-21,27H,3-16H2,1-2H3. The van der Waals surface area contributed by atoms with Crippen molar-refractivity contribution in [2.45, 2.75) is 109 Å². The molecule has 0 saturated heterocycles. The molecule has 2 fully saturated rings. The van der Waals surface area contributed by atoms with Gasteiger partial charge in [-0.2, -0.15) is 0 Å². The SMILES string of the molecule is CCCCCC1CCC(C2CCC(CC(O)(C(=O)OCC)C(F)F)CC2)CC1. The van der Waals surface area contributed by atoms with Gasteiger partial charge in [0.1, 0.15) is 0 Å². The number of rotatable bonds is 10. The van der Waals surface area contributed by atoms with E-state index in [0.717, 1.165) is 37.5 Å². The highest BCUT2D eigenvalue weighted by atomic mass is 19.3. The molecule has 0 radical (unpaired) electrons. The van der Waals surface area contributed by atoms with Gasteiger partial charge in [-0.3, -0.25) is 0 Å². The summed E-state index contributed by atoms with van der Waals surface area (Å²) in [5.41, 5.74) is -2.65. The lowest BCUT2D eigenvalue weighted by Gasteiger charge is -2.39. The minimum absolute atomic E-state index is 0.00171. The van der Waals surface area contributed by atoms with Crippen LogP contribution in [-0.2, 0) is 9.53 Å². The molecule has 2 rings (SSSR count). The van der Waals surface area contributed by atoms with Gasteiger partial charge in [0, 0.05) is 0 Å². The summed E-state index contributed by atoms with van der Waals surface area (Å²) in [6.45, 7) is 3.82. The molecule has 1 N–H and O–H groups in total. The van der Waals surface area contributed by atoms with Gasteiger partial charge in [0.15, 0.2) is 0 Å². The van der Waals surface area contributed by atoms with Crippen molar-refractivity contribution in [2.75, 3.05) is 6.61 Å². The number of halogens is 2. The van der Waals surface area contributed by atoms with E-state index < -0.39 is 18.0 Å². The van der Waals surface area contributed by atoms with Gasteiger partial charge in [-0.05, 0) is 62.7 Å². The number of aliphatic hydroxyl groups is 1. The van der Waals surface area contributed by atoms with Crippen molar-refractivity contribution in [3.8, 4) is 0 Å². The van der Waals surface area contributed by atoms with Crippen LogP contribution in [-0.4, -0.2) is 29.7 Å². The van der Waals surface area contributed by atoms with E-state index in [2.05, 4.69) is 6.92 Å². The third-order valence-corrected chi connectivity index (χ3v) is 7.26. The van der Waals surface area contributed by atoms with Crippen LogP contribution in [0.3, 0.4) is 0 Å². The Bertz CT molecular complexity index is 455. The Morgan fingerprint density at radius 2 is 1.50 bits per heavy atom. The average molecular weight is 403 g/mol. The molecule has 0 aromatic heterocycles. The number of esters is 1. The molecule has 28 heavy (non-hydrogen) atoms. The summed E-state index contributed by atoms with van der Waals surface area (Å²) in [5, 5.41) is 10.2. The zero-order valence-corrected chi connectivity index (χ0v) is 17.8. The second-order valence-corrected chi connectivity index (χ2v) is 9.21. The smallest absolute Gasteiger partial charge is 0.344 e. The van der Waals surface area contributed by atoms with E-state index in [9.17, 15) is 18.7 Å². The molecular formula is C23H40F2O3. The van der Waals surface area contributed by atoms with Crippen molar-refractivity contribution in [2.24, 2.45) is 23.7 Å². The Morgan fingerprint density at radius 1 is 0.964 bits per heavy atom.